The third-order valence-electron chi connectivity index (χ3n) is 3.63. The van der Waals surface area contributed by atoms with Gasteiger partial charge in [-0.3, -0.25) is 4.99 Å². The zero-order valence-electron chi connectivity index (χ0n) is 18.5. The molecule has 1 aliphatic rings. The number of rotatable bonds is 2. The number of amidine groups is 1. The van der Waals surface area contributed by atoms with E-state index in [2.05, 4.69) is 50.2 Å². The highest BCUT2D eigenvalue weighted by atomic mass is 15.0. The number of allylic oxidation sites excluding steroid dienone is 2. The summed E-state index contributed by atoms with van der Waals surface area (Å²) in [5, 5.41) is 6.03. The van der Waals surface area contributed by atoms with Crippen molar-refractivity contribution in [1.82, 2.24) is 25.6 Å². The molecular weight excluding hydrogens is 364 g/mol. The van der Waals surface area contributed by atoms with E-state index in [1.54, 1.807) is 19.3 Å². The van der Waals surface area contributed by atoms with Gasteiger partial charge < -0.3 is 27.1 Å². The zero-order valence-corrected chi connectivity index (χ0v) is 18.5. The summed E-state index contributed by atoms with van der Waals surface area (Å²) in [6.07, 6.45) is 5.82. The Labute approximate surface area is 174 Å². The minimum Gasteiger partial charge on any atom is -0.392 e. The number of hydrogen-bond donors (Lipinski definition) is 5. The van der Waals surface area contributed by atoms with Crippen molar-refractivity contribution in [2.45, 2.75) is 40.5 Å². The van der Waals surface area contributed by atoms with E-state index >= 15 is 0 Å². The van der Waals surface area contributed by atoms with Gasteiger partial charge in [-0.1, -0.05) is 25.6 Å². The molecule has 29 heavy (non-hydrogen) atoms. The minimum atomic E-state index is 0.484. The number of aliphatic imine (C=N–C) groups is 1. The third kappa shape index (κ3) is 13.5. The molecule has 0 spiro atoms. The van der Waals surface area contributed by atoms with Crippen LogP contribution in [0.2, 0.25) is 0 Å². The first-order valence-corrected chi connectivity index (χ1v) is 9.42. The van der Waals surface area contributed by atoms with Gasteiger partial charge in [0.2, 0.25) is 0 Å². The second-order valence-corrected chi connectivity index (χ2v) is 6.25. The van der Waals surface area contributed by atoms with Crippen LogP contribution in [0, 0.1) is 13.8 Å². The average Bonchev–Trinajstić information content (AvgIpc) is 3.29. The molecule has 0 unspecified atom stereocenters. The molecule has 0 radical (unpaired) electrons. The van der Waals surface area contributed by atoms with Crippen molar-refractivity contribution in [1.29, 1.82) is 0 Å². The summed E-state index contributed by atoms with van der Waals surface area (Å²) >= 11 is 0. The Kier molecular flexibility index (Phi) is 13.1. The van der Waals surface area contributed by atoms with Gasteiger partial charge in [-0.15, -0.1) is 0 Å². The number of nitrogens with two attached hydrogens (primary N) is 2. The van der Waals surface area contributed by atoms with Crippen molar-refractivity contribution in [2.75, 3.05) is 25.6 Å². The van der Waals surface area contributed by atoms with Crippen molar-refractivity contribution in [3.63, 3.8) is 0 Å². The molecule has 2 aromatic rings. The number of nitrogens with one attached hydrogen (secondary N) is 3. The molecule has 8 heteroatoms. The summed E-state index contributed by atoms with van der Waals surface area (Å²) in [4.78, 5) is 14.5. The molecule has 0 fully saturated rings. The molecule has 3 heterocycles. The molecule has 0 aromatic carbocycles. The Morgan fingerprint density at radius 1 is 1.28 bits per heavy atom. The van der Waals surface area contributed by atoms with Gasteiger partial charge in [0.05, 0.1) is 0 Å². The molecule has 7 N–H and O–H groups in total. The van der Waals surface area contributed by atoms with Gasteiger partial charge in [0, 0.05) is 49.5 Å². The highest BCUT2D eigenvalue weighted by Gasteiger charge is 2.02. The lowest BCUT2D eigenvalue weighted by Crippen LogP contribution is -2.13. The summed E-state index contributed by atoms with van der Waals surface area (Å²) in [6, 6.07) is 5.57. The molecular formula is C21H36N8. The number of aromatic nitrogens is 3. The smallest absolute Gasteiger partial charge is 0.197 e. The Hall–Kier alpha value is -3.29. The molecule has 8 nitrogen and oxygen atoms in total. The van der Waals surface area contributed by atoms with E-state index in [1.807, 2.05) is 40.0 Å². The van der Waals surface area contributed by atoms with Gasteiger partial charge in [-0.2, -0.15) is 0 Å². The lowest BCUT2D eigenvalue weighted by atomic mass is 10.4. The van der Waals surface area contributed by atoms with Crippen LogP contribution in [0.25, 0.3) is 0 Å². The topological polar surface area (TPSA) is 130 Å². The van der Waals surface area contributed by atoms with Crippen LogP contribution in [0.3, 0.4) is 0 Å². The van der Waals surface area contributed by atoms with Crippen molar-refractivity contribution in [3.05, 3.63) is 59.8 Å². The number of nitrogen functional groups attached to an aromatic ring is 2. The van der Waals surface area contributed by atoms with E-state index in [1.165, 1.54) is 5.70 Å². The quantitative estimate of drug-likeness (QED) is 0.526. The fraction of sp³-hybridized carbons (Fsp3) is 0.381. The summed E-state index contributed by atoms with van der Waals surface area (Å²) in [5.41, 5.74) is 14.8. The van der Waals surface area contributed by atoms with Crippen LogP contribution in [-0.2, 0) is 0 Å². The van der Waals surface area contributed by atoms with Crippen LogP contribution in [0.4, 0.5) is 11.8 Å². The van der Waals surface area contributed by atoms with Crippen LogP contribution in [0.15, 0.2) is 53.4 Å². The number of hydrogen-bond acceptors (Lipinski definition) is 6. The predicted molar refractivity (Wildman–Crippen MR) is 124 cm³/mol. The van der Waals surface area contributed by atoms with Gasteiger partial charge in [-0.25, -0.2) is 9.97 Å². The van der Waals surface area contributed by atoms with Crippen LogP contribution >= 0.6 is 0 Å². The maximum absolute atomic E-state index is 5.35. The van der Waals surface area contributed by atoms with E-state index in [4.69, 9.17) is 11.5 Å². The van der Waals surface area contributed by atoms with Gasteiger partial charge in [0.15, 0.2) is 5.95 Å². The summed E-state index contributed by atoms with van der Waals surface area (Å²) < 4.78 is 0. The van der Waals surface area contributed by atoms with Gasteiger partial charge in [0.1, 0.15) is 11.7 Å². The van der Waals surface area contributed by atoms with E-state index in [0.29, 0.717) is 11.8 Å². The molecule has 160 valence electrons. The van der Waals surface area contributed by atoms with Crippen LogP contribution in [0.5, 0.6) is 0 Å². The first-order valence-electron chi connectivity index (χ1n) is 9.42. The zero-order chi connectivity index (χ0) is 22.2. The standard InChI is InChI=1S/C6H10N2.C6H8N2.C5H11N.C4H7N3/c1-5-3-4-6(7-2)8-5;1-5-3-2-4-6(7)8-5;1-4-5(2)6-3;1-3-2-6-4(5)7-3/h3H,4H2,1-2H3,(H,7,8);2-4H,1H3,(H2,7,8);6H,2,4H2,1,3H3;2H,1H3,(H3,5,6,7). The number of aromatic amines is 1. The number of imidazole rings is 1. The lowest BCUT2D eigenvalue weighted by molar-refractivity contribution is 0.908. The number of H-pyrrole nitrogens is 1. The Balaban J connectivity index is 0.000000363. The Morgan fingerprint density at radius 3 is 2.17 bits per heavy atom. The third-order valence-corrected chi connectivity index (χ3v) is 3.63. The number of aryl methyl sites for hydroxylation is 2. The van der Waals surface area contributed by atoms with E-state index in [-0.39, 0.29) is 0 Å². The SMILES string of the molecule is C=C(CC)NC.CN=C1CC=C(C)N1.Cc1cccc(N)n1.Cc1cnc(N)[nH]1. The molecule has 0 bridgehead atoms. The molecule has 1 aliphatic heterocycles. The van der Waals surface area contributed by atoms with E-state index in [9.17, 15) is 0 Å². The largest absolute Gasteiger partial charge is 0.392 e. The highest BCUT2D eigenvalue weighted by Crippen LogP contribution is 2.01. The highest BCUT2D eigenvalue weighted by molar-refractivity contribution is 5.87. The average molecular weight is 401 g/mol. The fourth-order valence-corrected chi connectivity index (χ4v) is 1.90. The molecule has 0 saturated carbocycles. The van der Waals surface area contributed by atoms with Crippen LogP contribution in [0.1, 0.15) is 38.1 Å². The maximum Gasteiger partial charge on any atom is 0.197 e. The van der Waals surface area contributed by atoms with Crippen molar-refractivity contribution >= 4 is 17.6 Å². The summed E-state index contributed by atoms with van der Waals surface area (Å²) in [5.74, 6) is 2.14. The van der Waals surface area contributed by atoms with Gasteiger partial charge >= 0.3 is 0 Å². The van der Waals surface area contributed by atoms with Gasteiger partial charge in [0.25, 0.3) is 0 Å². The monoisotopic (exact) mass is 400 g/mol. The fourth-order valence-electron chi connectivity index (χ4n) is 1.90. The Bertz CT molecular complexity index is 750. The predicted octanol–water partition coefficient (Wildman–Crippen LogP) is 3.31. The molecule has 0 aliphatic carbocycles. The second kappa shape index (κ2) is 14.7. The summed E-state index contributed by atoms with van der Waals surface area (Å²) in [6.45, 7) is 11.6. The molecule has 0 saturated heterocycles. The Morgan fingerprint density at radius 2 is 1.97 bits per heavy atom. The number of anilines is 2. The molecule has 0 atom stereocenters. The molecule has 0 amide bonds. The number of nitrogens with zero attached hydrogens (tertiary/aromatic N) is 3. The van der Waals surface area contributed by atoms with Crippen molar-refractivity contribution in [3.8, 4) is 0 Å². The van der Waals surface area contributed by atoms with E-state index in [0.717, 1.165) is 35.8 Å². The normalized spacial score (nSPS) is 12.8. The van der Waals surface area contributed by atoms with Crippen molar-refractivity contribution in [2.24, 2.45) is 4.99 Å². The minimum absolute atomic E-state index is 0.484. The molecule has 3 rings (SSSR count). The second-order valence-electron chi connectivity index (χ2n) is 6.25. The summed E-state index contributed by atoms with van der Waals surface area (Å²) in [7, 11) is 3.68. The lowest BCUT2D eigenvalue weighted by Gasteiger charge is -1.94. The maximum atomic E-state index is 5.35. The first kappa shape index (κ1) is 25.7. The van der Waals surface area contributed by atoms with Gasteiger partial charge in [-0.05, 0) is 39.3 Å². The molecule has 2 aromatic heterocycles. The van der Waals surface area contributed by atoms with Crippen LogP contribution in [-0.4, -0.2) is 34.9 Å². The van der Waals surface area contributed by atoms with E-state index < -0.39 is 0 Å². The van der Waals surface area contributed by atoms with Crippen molar-refractivity contribution < 1.29 is 0 Å². The van der Waals surface area contributed by atoms with Crippen LogP contribution < -0.4 is 22.1 Å². The first-order chi connectivity index (χ1) is 13.7. The number of pyridine rings is 1.